The highest BCUT2D eigenvalue weighted by molar-refractivity contribution is 5.87. The minimum absolute atomic E-state index is 0.255. The van der Waals surface area contributed by atoms with Crippen LogP contribution in [0.25, 0.3) is 10.9 Å². The van der Waals surface area contributed by atoms with Gasteiger partial charge in [0.15, 0.2) is 0 Å². The van der Waals surface area contributed by atoms with E-state index in [2.05, 4.69) is 5.10 Å². The Hall–Kier alpha value is -1.84. The van der Waals surface area contributed by atoms with Crippen LogP contribution in [0.5, 0.6) is 5.75 Å². The Kier molecular flexibility index (Phi) is 2.41. The highest BCUT2D eigenvalue weighted by Crippen LogP contribution is 2.27. The lowest BCUT2D eigenvalue weighted by Crippen LogP contribution is -2.01. The molecule has 0 unspecified atom stereocenters. The molecule has 0 N–H and O–H groups in total. The van der Waals surface area contributed by atoms with Crippen LogP contribution in [-0.4, -0.2) is 23.2 Å². The van der Waals surface area contributed by atoms with Crippen molar-refractivity contribution in [3.8, 4) is 5.75 Å². The predicted molar refractivity (Wildman–Crippen MR) is 57.1 cm³/mol. The standard InChI is InChI=1S/C11H12N2O2/c1-8-9-4-3-5-10(15-2)11(9)13(12-8)6-7-14/h3-5,7H,6H2,1-2H3. The van der Waals surface area contributed by atoms with Crippen LogP contribution in [0.1, 0.15) is 5.69 Å². The Morgan fingerprint density at radius 3 is 3.00 bits per heavy atom. The molecule has 1 heterocycles. The molecule has 1 aromatic heterocycles. The summed E-state index contributed by atoms with van der Waals surface area (Å²) in [6, 6.07) is 5.76. The van der Waals surface area contributed by atoms with Crippen molar-refractivity contribution in [2.45, 2.75) is 13.5 Å². The average Bonchev–Trinajstić information content (AvgIpc) is 2.57. The van der Waals surface area contributed by atoms with E-state index in [9.17, 15) is 4.79 Å². The van der Waals surface area contributed by atoms with Gasteiger partial charge in [-0.25, -0.2) is 0 Å². The summed E-state index contributed by atoms with van der Waals surface area (Å²) in [5.41, 5.74) is 1.79. The first-order valence-electron chi connectivity index (χ1n) is 4.71. The molecule has 0 aliphatic heterocycles. The lowest BCUT2D eigenvalue weighted by atomic mass is 10.2. The lowest BCUT2D eigenvalue weighted by molar-refractivity contribution is -0.108. The molecule has 0 radical (unpaired) electrons. The van der Waals surface area contributed by atoms with E-state index < -0.39 is 0 Å². The molecule has 0 aliphatic rings. The highest BCUT2D eigenvalue weighted by Gasteiger charge is 2.10. The van der Waals surface area contributed by atoms with Gasteiger partial charge in [-0.15, -0.1) is 0 Å². The van der Waals surface area contributed by atoms with Gasteiger partial charge in [0.05, 0.1) is 19.3 Å². The number of nitrogens with zero attached hydrogens (tertiary/aromatic N) is 2. The molecule has 1 aromatic carbocycles. The molecule has 0 amide bonds. The first-order valence-corrected chi connectivity index (χ1v) is 4.71. The molecule has 0 aliphatic carbocycles. The molecule has 0 saturated carbocycles. The van der Waals surface area contributed by atoms with E-state index in [1.807, 2.05) is 25.1 Å². The maximum atomic E-state index is 10.5. The smallest absolute Gasteiger partial charge is 0.144 e. The Labute approximate surface area is 87.5 Å². The number of aromatic nitrogens is 2. The summed E-state index contributed by atoms with van der Waals surface area (Å²) in [6.45, 7) is 2.17. The van der Waals surface area contributed by atoms with Gasteiger partial charge in [0.2, 0.25) is 0 Å². The van der Waals surface area contributed by atoms with Gasteiger partial charge in [-0.05, 0) is 13.0 Å². The quantitative estimate of drug-likeness (QED) is 0.712. The number of hydrogen-bond acceptors (Lipinski definition) is 3. The first-order chi connectivity index (χ1) is 7.27. The third-order valence-electron chi connectivity index (χ3n) is 2.39. The van der Waals surface area contributed by atoms with E-state index in [0.29, 0.717) is 0 Å². The number of hydrogen-bond donors (Lipinski definition) is 0. The molecule has 0 bridgehead atoms. The first kappa shape index (κ1) is 9.71. The second kappa shape index (κ2) is 3.73. The molecule has 15 heavy (non-hydrogen) atoms. The number of para-hydroxylation sites is 1. The van der Waals surface area contributed by atoms with Crippen LogP contribution in [0.4, 0.5) is 0 Å². The summed E-state index contributed by atoms with van der Waals surface area (Å²) in [5, 5.41) is 5.32. The number of fused-ring (bicyclic) bond motifs is 1. The summed E-state index contributed by atoms with van der Waals surface area (Å²) in [5.74, 6) is 0.745. The number of carbonyl (C=O) groups is 1. The van der Waals surface area contributed by atoms with Crippen LogP contribution in [0.15, 0.2) is 18.2 Å². The predicted octanol–water partition coefficient (Wildman–Crippen LogP) is 1.55. The summed E-state index contributed by atoms with van der Waals surface area (Å²) < 4.78 is 6.91. The SMILES string of the molecule is COc1cccc2c(C)nn(CC=O)c12. The second-order valence-electron chi connectivity index (χ2n) is 3.29. The molecule has 4 nitrogen and oxygen atoms in total. The monoisotopic (exact) mass is 204 g/mol. The van der Waals surface area contributed by atoms with Gasteiger partial charge in [0, 0.05) is 5.39 Å². The number of benzene rings is 1. The number of aldehydes is 1. The van der Waals surface area contributed by atoms with Gasteiger partial charge >= 0.3 is 0 Å². The van der Waals surface area contributed by atoms with Crippen molar-refractivity contribution in [3.05, 3.63) is 23.9 Å². The van der Waals surface area contributed by atoms with Gasteiger partial charge in [-0.2, -0.15) is 5.10 Å². The Balaban J connectivity index is 2.75. The van der Waals surface area contributed by atoms with Gasteiger partial charge < -0.3 is 9.53 Å². The maximum Gasteiger partial charge on any atom is 0.144 e. The van der Waals surface area contributed by atoms with Crippen molar-refractivity contribution in [2.75, 3.05) is 7.11 Å². The van der Waals surface area contributed by atoms with Crippen LogP contribution in [0, 0.1) is 6.92 Å². The Bertz CT molecular complexity index is 503. The Morgan fingerprint density at radius 2 is 2.33 bits per heavy atom. The number of ether oxygens (including phenoxy) is 1. The van der Waals surface area contributed by atoms with E-state index in [1.54, 1.807) is 11.8 Å². The number of aryl methyl sites for hydroxylation is 1. The number of carbonyl (C=O) groups excluding carboxylic acids is 1. The minimum Gasteiger partial charge on any atom is -0.494 e. The topological polar surface area (TPSA) is 44.1 Å². The summed E-state index contributed by atoms with van der Waals surface area (Å²) in [4.78, 5) is 10.5. The molecule has 0 atom stereocenters. The second-order valence-corrected chi connectivity index (χ2v) is 3.29. The van der Waals surface area contributed by atoms with Gasteiger partial charge in [0.1, 0.15) is 17.6 Å². The summed E-state index contributed by atoms with van der Waals surface area (Å²) in [6.07, 6.45) is 0.832. The largest absolute Gasteiger partial charge is 0.494 e. The molecular weight excluding hydrogens is 192 g/mol. The third-order valence-corrected chi connectivity index (χ3v) is 2.39. The van der Waals surface area contributed by atoms with E-state index >= 15 is 0 Å². The van der Waals surface area contributed by atoms with Crippen molar-refractivity contribution < 1.29 is 9.53 Å². The van der Waals surface area contributed by atoms with E-state index in [0.717, 1.165) is 28.6 Å². The Morgan fingerprint density at radius 1 is 1.53 bits per heavy atom. The van der Waals surface area contributed by atoms with Crippen LogP contribution < -0.4 is 4.74 Å². The third kappa shape index (κ3) is 1.48. The van der Waals surface area contributed by atoms with Crippen molar-refractivity contribution in [1.29, 1.82) is 0 Å². The van der Waals surface area contributed by atoms with Crippen molar-refractivity contribution >= 4 is 17.2 Å². The average molecular weight is 204 g/mol. The fourth-order valence-corrected chi connectivity index (χ4v) is 1.73. The highest BCUT2D eigenvalue weighted by atomic mass is 16.5. The zero-order valence-corrected chi connectivity index (χ0v) is 8.73. The van der Waals surface area contributed by atoms with Gasteiger partial charge in [-0.1, -0.05) is 12.1 Å². The molecule has 2 aromatic rings. The van der Waals surface area contributed by atoms with Crippen molar-refractivity contribution in [2.24, 2.45) is 0 Å². The van der Waals surface area contributed by atoms with Crippen LogP contribution in [-0.2, 0) is 11.3 Å². The molecule has 2 rings (SSSR count). The minimum atomic E-state index is 0.255. The molecule has 78 valence electrons. The number of rotatable bonds is 3. The van der Waals surface area contributed by atoms with E-state index in [1.165, 1.54) is 0 Å². The number of methoxy groups -OCH3 is 1. The normalized spacial score (nSPS) is 10.5. The van der Waals surface area contributed by atoms with E-state index in [4.69, 9.17) is 4.74 Å². The molecule has 0 saturated heterocycles. The molecule has 4 heteroatoms. The van der Waals surface area contributed by atoms with Crippen LogP contribution in [0.2, 0.25) is 0 Å². The fraction of sp³-hybridized carbons (Fsp3) is 0.273. The zero-order chi connectivity index (χ0) is 10.8. The zero-order valence-electron chi connectivity index (χ0n) is 8.73. The fourth-order valence-electron chi connectivity index (χ4n) is 1.73. The van der Waals surface area contributed by atoms with E-state index in [-0.39, 0.29) is 6.54 Å². The van der Waals surface area contributed by atoms with Crippen LogP contribution in [0.3, 0.4) is 0 Å². The lowest BCUT2D eigenvalue weighted by Gasteiger charge is -2.03. The molecular formula is C11H12N2O2. The van der Waals surface area contributed by atoms with Crippen LogP contribution >= 0.6 is 0 Å². The summed E-state index contributed by atoms with van der Waals surface area (Å²) in [7, 11) is 1.61. The maximum absolute atomic E-state index is 10.5. The van der Waals surface area contributed by atoms with Gasteiger partial charge in [-0.3, -0.25) is 4.68 Å². The van der Waals surface area contributed by atoms with Crippen molar-refractivity contribution in [1.82, 2.24) is 9.78 Å². The summed E-state index contributed by atoms with van der Waals surface area (Å²) >= 11 is 0. The molecule has 0 spiro atoms. The van der Waals surface area contributed by atoms with Crippen molar-refractivity contribution in [3.63, 3.8) is 0 Å². The van der Waals surface area contributed by atoms with Gasteiger partial charge in [0.25, 0.3) is 0 Å². The molecule has 0 fully saturated rings.